The number of amides is 2. The van der Waals surface area contributed by atoms with Gasteiger partial charge >= 0.3 is 18.0 Å². The third-order valence-electron chi connectivity index (χ3n) is 2.74. The third kappa shape index (κ3) is 3.88. The summed E-state index contributed by atoms with van der Waals surface area (Å²) in [7, 11) is 1.54. The van der Waals surface area contributed by atoms with E-state index in [0.717, 1.165) is 0 Å². The van der Waals surface area contributed by atoms with Gasteiger partial charge in [0.1, 0.15) is 6.04 Å². The fourth-order valence-electron chi connectivity index (χ4n) is 1.72. The number of nitrogens with zero attached hydrogens (tertiary/aromatic N) is 1. The number of nitrogens with one attached hydrogen (secondary N) is 1. The van der Waals surface area contributed by atoms with Crippen molar-refractivity contribution in [1.29, 1.82) is 0 Å². The standard InChI is InChI=1S/C10H16N2O6/c1-18-6-2-3-12(5-6)10(17)11-7(9(15)16)4-8(13)14/h6-7H,2-5H2,1H3,(H,11,17)(H,13,14)(H,15,16). The molecular weight excluding hydrogens is 244 g/mol. The molecule has 8 nitrogen and oxygen atoms in total. The summed E-state index contributed by atoms with van der Waals surface area (Å²) in [5.74, 6) is -2.65. The Balaban J connectivity index is 2.51. The van der Waals surface area contributed by atoms with Crippen molar-refractivity contribution in [2.45, 2.75) is 25.0 Å². The first kappa shape index (κ1) is 14.2. The molecule has 0 spiro atoms. The smallest absolute Gasteiger partial charge is 0.326 e. The predicted octanol–water partition coefficient (Wildman–Crippen LogP) is -0.655. The summed E-state index contributed by atoms with van der Waals surface area (Å²) in [5, 5.41) is 19.5. The van der Waals surface area contributed by atoms with E-state index in [1.807, 2.05) is 0 Å². The molecule has 0 bridgehead atoms. The number of methoxy groups -OCH3 is 1. The van der Waals surface area contributed by atoms with E-state index >= 15 is 0 Å². The van der Waals surface area contributed by atoms with Gasteiger partial charge in [0.15, 0.2) is 0 Å². The predicted molar refractivity (Wildman–Crippen MR) is 59.2 cm³/mol. The van der Waals surface area contributed by atoms with Crippen LogP contribution in [0, 0.1) is 0 Å². The first-order chi connectivity index (χ1) is 8.43. The van der Waals surface area contributed by atoms with Gasteiger partial charge in [0.05, 0.1) is 12.5 Å². The first-order valence-electron chi connectivity index (χ1n) is 5.47. The Morgan fingerprint density at radius 3 is 2.56 bits per heavy atom. The maximum atomic E-state index is 11.7. The lowest BCUT2D eigenvalue weighted by Gasteiger charge is -2.20. The molecule has 1 rings (SSSR count). The van der Waals surface area contributed by atoms with Crippen molar-refractivity contribution < 1.29 is 29.3 Å². The molecule has 1 aliphatic heterocycles. The Kier molecular flexibility index (Phi) is 4.90. The Labute approximate surface area is 104 Å². The lowest BCUT2D eigenvalue weighted by molar-refractivity contribution is -0.145. The first-order valence-corrected chi connectivity index (χ1v) is 5.47. The second-order valence-electron chi connectivity index (χ2n) is 4.03. The Hall–Kier alpha value is -1.83. The highest BCUT2D eigenvalue weighted by Gasteiger charge is 2.30. The van der Waals surface area contributed by atoms with Crippen molar-refractivity contribution in [2.24, 2.45) is 0 Å². The van der Waals surface area contributed by atoms with Gasteiger partial charge in [0, 0.05) is 20.2 Å². The number of carboxylic acids is 2. The molecule has 0 aliphatic carbocycles. The molecule has 1 heterocycles. The van der Waals surface area contributed by atoms with Gasteiger partial charge in [-0.3, -0.25) is 4.79 Å². The van der Waals surface area contributed by atoms with Crippen LogP contribution in [0.2, 0.25) is 0 Å². The molecule has 0 aromatic rings. The van der Waals surface area contributed by atoms with E-state index in [4.69, 9.17) is 14.9 Å². The van der Waals surface area contributed by atoms with E-state index in [-0.39, 0.29) is 6.10 Å². The minimum atomic E-state index is -1.42. The van der Waals surface area contributed by atoms with E-state index in [2.05, 4.69) is 5.32 Å². The highest BCUT2D eigenvalue weighted by molar-refractivity contribution is 5.86. The normalized spacial score (nSPS) is 20.5. The van der Waals surface area contributed by atoms with Gasteiger partial charge in [-0.05, 0) is 6.42 Å². The molecule has 2 amide bonds. The number of aliphatic carboxylic acids is 2. The zero-order valence-corrected chi connectivity index (χ0v) is 9.96. The summed E-state index contributed by atoms with van der Waals surface area (Å²) in [6, 6.07) is -2.00. The Bertz CT molecular complexity index is 345. The zero-order valence-electron chi connectivity index (χ0n) is 9.96. The molecule has 2 unspecified atom stereocenters. The van der Waals surface area contributed by atoms with Gasteiger partial charge in [0.2, 0.25) is 0 Å². The zero-order chi connectivity index (χ0) is 13.7. The number of carboxylic acid groups (broad SMARTS) is 2. The van der Waals surface area contributed by atoms with Gasteiger partial charge in [-0.15, -0.1) is 0 Å². The molecule has 18 heavy (non-hydrogen) atoms. The summed E-state index contributed by atoms with van der Waals surface area (Å²) < 4.78 is 5.08. The molecule has 0 aromatic heterocycles. The molecule has 1 fully saturated rings. The van der Waals surface area contributed by atoms with Crippen LogP contribution in [-0.4, -0.2) is 65.4 Å². The van der Waals surface area contributed by atoms with E-state index in [9.17, 15) is 14.4 Å². The topological polar surface area (TPSA) is 116 Å². The van der Waals surface area contributed by atoms with Crippen molar-refractivity contribution in [3.8, 4) is 0 Å². The van der Waals surface area contributed by atoms with Crippen LogP contribution >= 0.6 is 0 Å². The van der Waals surface area contributed by atoms with Crippen LogP contribution in [0.15, 0.2) is 0 Å². The van der Waals surface area contributed by atoms with Gasteiger partial charge < -0.3 is 25.2 Å². The number of carbonyl (C=O) groups excluding carboxylic acids is 1. The summed E-state index contributed by atoms with van der Waals surface area (Å²) in [6.07, 6.45) is -0.0260. The van der Waals surface area contributed by atoms with Crippen molar-refractivity contribution in [1.82, 2.24) is 10.2 Å². The molecule has 3 N–H and O–H groups in total. The minimum Gasteiger partial charge on any atom is -0.481 e. The molecule has 0 saturated carbocycles. The van der Waals surface area contributed by atoms with Crippen LogP contribution in [0.3, 0.4) is 0 Å². The molecule has 1 saturated heterocycles. The second-order valence-corrected chi connectivity index (χ2v) is 4.03. The second kappa shape index (κ2) is 6.20. The third-order valence-corrected chi connectivity index (χ3v) is 2.74. The molecule has 2 atom stereocenters. The fraction of sp³-hybridized carbons (Fsp3) is 0.700. The van der Waals surface area contributed by atoms with Gasteiger partial charge in [-0.2, -0.15) is 0 Å². The molecule has 0 radical (unpaired) electrons. The van der Waals surface area contributed by atoms with Gasteiger partial charge in [0.25, 0.3) is 0 Å². The average molecular weight is 260 g/mol. The summed E-state index contributed by atoms with van der Waals surface area (Å²) in [4.78, 5) is 34.4. The van der Waals surface area contributed by atoms with E-state index in [0.29, 0.717) is 19.5 Å². The molecular formula is C10H16N2O6. The lowest BCUT2D eigenvalue weighted by atomic mass is 10.2. The van der Waals surface area contributed by atoms with Gasteiger partial charge in [-0.1, -0.05) is 0 Å². The molecule has 102 valence electrons. The van der Waals surface area contributed by atoms with Crippen molar-refractivity contribution >= 4 is 18.0 Å². The van der Waals surface area contributed by atoms with Crippen LogP contribution in [0.4, 0.5) is 4.79 Å². The number of rotatable bonds is 5. The van der Waals surface area contributed by atoms with Crippen LogP contribution in [0.25, 0.3) is 0 Å². The number of hydrogen-bond acceptors (Lipinski definition) is 4. The SMILES string of the molecule is COC1CCN(C(=O)NC(CC(=O)O)C(=O)O)C1. The maximum absolute atomic E-state index is 11.7. The molecule has 1 aliphatic rings. The van der Waals surface area contributed by atoms with E-state index < -0.39 is 30.4 Å². The number of hydrogen-bond donors (Lipinski definition) is 3. The average Bonchev–Trinajstić information content (AvgIpc) is 2.75. The summed E-state index contributed by atoms with van der Waals surface area (Å²) >= 11 is 0. The fourth-order valence-corrected chi connectivity index (χ4v) is 1.72. The van der Waals surface area contributed by atoms with Crippen LogP contribution in [-0.2, 0) is 14.3 Å². The monoisotopic (exact) mass is 260 g/mol. The number of ether oxygens (including phenoxy) is 1. The van der Waals surface area contributed by atoms with Crippen molar-refractivity contribution in [3.05, 3.63) is 0 Å². The molecule has 0 aromatic carbocycles. The number of urea groups is 1. The summed E-state index contributed by atoms with van der Waals surface area (Å²) in [5.41, 5.74) is 0. The Morgan fingerprint density at radius 1 is 1.44 bits per heavy atom. The quantitative estimate of drug-likeness (QED) is 0.604. The van der Waals surface area contributed by atoms with E-state index in [1.54, 1.807) is 0 Å². The van der Waals surface area contributed by atoms with Crippen LogP contribution in [0.5, 0.6) is 0 Å². The van der Waals surface area contributed by atoms with Crippen molar-refractivity contribution in [3.63, 3.8) is 0 Å². The largest absolute Gasteiger partial charge is 0.481 e. The highest BCUT2D eigenvalue weighted by atomic mass is 16.5. The minimum absolute atomic E-state index is 0.0569. The summed E-state index contributed by atoms with van der Waals surface area (Å²) in [6.45, 7) is 0.839. The number of likely N-dealkylation sites (tertiary alicyclic amines) is 1. The van der Waals surface area contributed by atoms with Crippen LogP contribution < -0.4 is 5.32 Å². The lowest BCUT2D eigenvalue weighted by Crippen LogP contribution is -2.48. The number of carbonyl (C=O) groups is 3. The van der Waals surface area contributed by atoms with Crippen molar-refractivity contribution in [2.75, 3.05) is 20.2 Å². The highest BCUT2D eigenvalue weighted by Crippen LogP contribution is 2.12. The Morgan fingerprint density at radius 2 is 2.11 bits per heavy atom. The maximum Gasteiger partial charge on any atom is 0.326 e. The van der Waals surface area contributed by atoms with Gasteiger partial charge in [-0.25, -0.2) is 9.59 Å². The molecule has 8 heteroatoms. The van der Waals surface area contributed by atoms with Crippen LogP contribution in [0.1, 0.15) is 12.8 Å². The van der Waals surface area contributed by atoms with E-state index in [1.165, 1.54) is 12.0 Å².